The number of nitrogens with zero attached hydrogens (tertiary/aromatic N) is 1. The Morgan fingerprint density at radius 2 is 2.19 bits per heavy atom. The van der Waals surface area contributed by atoms with Gasteiger partial charge in [0.25, 0.3) is 0 Å². The molecule has 1 heterocycles. The molecule has 0 aliphatic heterocycles. The van der Waals surface area contributed by atoms with Gasteiger partial charge >= 0.3 is 5.97 Å². The summed E-state index contributed by atoms with van der Waals surface area (Å²) >= 11 is 0. The number of carbonyl (C=O) groups is 2. The molecule has 0 radical (unpaired) electrons. The van der Waals surface area contributed by atoms with Gasteiger partial charge in [-0.05, 0) is 18.6 Å². The number of aryl methyl sites for hydroxylation is 1. The quantitative estimate of drug-likeness (QED) is 0.797. The number of aromatic nitrogens is 1. The van der Waals surface area contributed by atoms with Crippen LogP contribution in [0.25, 0.3) is 0 Å². The zero-order chi connectivity index (χ0) is 12.1. The predicted octanol–water partition coefficient (Wildman–Crippen LogP) is 1.04. The van der Waals surface area contributed by atoms with Crippen LogP contribution >= 0.6 is 0 Å². The van der Waals surface area contributed by atoms with E-state index in [-0.39, 0.29) is 12.3 Å². The maximum atomic E-state index is 11.0. The van der Waals surface area contributed by atoms with Crippen LogP contribution in [0.4, 0.5) is 0 Å². The number of carbonyl (C=O) groups excluding carboxylic acids is 1. The summed E-state index contributed by atoms with van der Waals surface area (Å²) in [7, 11) is 0. The van der Waals surface area contributed by atoms with Gasteiger partial charge in [0.1, 0.15) is 0 Å². The highest BCUT2D eigenvalue weighted by Crippen LogP contribution is 2.16. The summed E-state index contributed by atoms with van der Waals surface area (Å²) in [6.45, 7) is 3.20. The Balaban J connectivity index is 2.86. The highest BCUT2D eigenvalue weighted by atomic mass is 16.4. The van der Waals surface area contributed by atoms with Gasteiger partial charge in [-0.15, -0.1) is 0 Å². The molecule has 2 N–H and O–H groups in total. The first-order valence-electron chi connectivity index (χ1n) is 4.90. The average Bonchev–Trinajstić information content (AvgIpc) is 2.16. The second-order valence-electron chi connectivity index (χ2n) is 3.58. The van der Waals surface area contributed by atoms with Gasteiger partial charge in [-0.2, -0.15) is 0 Å². The molecule has 1 amide bonds. The van der Waals surface area contributed by atoms with Gasteiger partial charge in [0.2, 0.25) is 5.91 Å². The molecule has 0 aliphatic carbocycles. The van der Waals surface area contributed by atoms with Crippen LogP contribution < -0.4 is 5.32 Å². The molecule has 86 valence electrons. The van der Waals surface area contributed by atoms with E-state index in [2.05, 4.69) is 10.3 Å². The summed E-state index contributed by atoms with van der Waals surface area (Å²) in [5.41, 5.74) is 1.55. The minimum absolute atomic E-state index is 0.148. The van der Waals surface area contributed by atoms with Gasteiger partial charge in [-0.1, -0.05) is 6.07 Å². The van der Waals surface area contributed by atoms with Crippen molar-refractivity contribution in [3.63, 3.8) is 0 Å². The summed E-state index contributed by atoms with van der Waals surface area (Å²) in [5.74, 6) is -1.22. The van der Waals surface area contributed by atoms with E-state index in [1.165, 1.54) is 6.92 Å². The molecule has 0 fully saturated rings. The van der Waals surface area contributed by atoms with Gasteiger partial charge in [-0.3, -0.25) is 14.6 Å². The Morgan fingerprint density at radius 3 is 2.62 bits per heavy atom. The molecule has 0 saturated carbocycles. The number of pyridine rings is 1. The van der Waals surface area contributed by atoms with Crippen LogP contribution in [0.2, 0.25) is 0 Å². The van der Waals surface area contributed by atoms with Crippen LogP contribution in [-0.4, -0.2) is 22.0 Å². The summed E-state index contributed by atoms with van der Waals surface area (Å²) in [4.78, 5) is 25.7. The van der Waals surface area contributed by atoms with Gasteiger partial charge in [0.05, 0.1) is 12.5 Å². The summed E-state index contributed by atoms with van der Waals surface area (Å²) in [5, 5.41) is 11.3. The van der Waals surface area contributed by atoms with Gasteiger partial charge in [0, 0.05) is 18.8 Å². The van der Waals surface area contributed by atoms with Crippen LogP contribution in [0.1, 0.15) is 30.6 Å². The largest absolute Gasteiger partial charge is 0.481 e. The number of hydrogen-bond acceptors (Lipinski definition) is 3. The lowest BCUT2D eigenvalue weighted by molar-refractivity contribution is -0.137. The van der Waals surface area contributed by atoms with E-state index in [0.717, 1.165) is 5.69 Å². The molecule has 0 bridgehead atoms. The minimum Gasteiger partial charge on any atom is -0.481 e. The average molecular weight is 222 g/mol. The molecular weight excluding hydrogens is 208 g/mol. The van der Waals surface area contributed by atoms with Crippen molar-refractivity contribution >= 4 is 11.9 Å². The molecule has 0 spiro atoms. The number of carboxylic acids is 1. The zero-order valence-electron chi connectivity index (χ0n) is 9.23. The lowest BCUT2D eigenvalue weighted by Gasteiger charge is -2.15. The summed E-state index contributed by atoms with van der Waals surface area (Å²) in [6.07, 6.45) is 1.43. The monoisotopic (exact) mass is 222 g/mol. The van der Waals surface area contributed by atoms with E-state index in [1.807, 2.05) is 6.92 Å². The van der Waals surface area contributed by atoms with Crippen LogP contribution in [0, 0.1) is 6.92 Å². The number of carboxylic acid groups (broad SMARTS) is 1. The molecule has 1 atom stereocenters. The van der Waals surface area contributed by atoms with Crippen LogP contribution in [0.5, 0.6) is 0 Å². The first-order valence-corrected chi connectivity index (χ1v) is 4.90. The first-order chi connectivity index (χ1) is 7.49. The van der Waals surface area contributed by atoms with Crippen molar-refractivity contribution in [2.75, 3.05) is 0 Å². The fourth-order valence-electron chi connectivity index (χ4n) is 1.36. The standard InChI is InChI=1S/C11H14N2O3/c1-7-3-4-9(6-12-7)10(5-11(15)16)13-8(2)14/h3-4,6,10H,5H2,1-2H3,(H,13,14)(H,15,16)/t10-/m1/s1. The maximum Gasteiger partial charge on any atom is 0.305 e. The Labute approximate surface area is 93.5 Å². The number of rotatable bonds is 4. The second-order valence-corrected chi connectivity index (χ2v) is 3.58. The van der Waals surface area contributed by atoms with Crippen LogP contribution in [0.15, 0.2) is 18.3 Å². The zero-order valence-corrected chi connectivity index (χ0v) is 9.23. The fourth-order valence-corrected chi connectivity index (χ4v) is 1.36. The minimum atomic E-state index is -0.959. The normalized spacial score (nSPS) is 11.9. The Morgan fingerprint density at radius 1 is 1.50 bits per heavy atom. The van der Waals surface area contributed by atoms with Crippen molar-refractivity contribution in [1.29, 1.82) is 0 Å². The molecule has 0 saturated heterocycles. The molecule has 5 nitrogen and oxygen atoms in total. The van der Waals surface area contributed by atoms with Gasteiger partial charge < -0.3 is 10.4 Å². The highest BCUT2D eigenvalue weighted by molar-refractivity contribution is 5.75. The lowest BCUT2D eigenvalue weighted by atomic mass is 10.1. The van der Waals surface area contributed by atoms with Crippen molar-refractivity contribution in [1.82, 2.24) is 10.3 Å². The number of amides is 1. The Hall–Kier alpha value is -1.91. The lowest BCUT2D eigenvalue weighted by Crippen LogP contribution is -2.28. The molecular formula is C11H14N2O3. The van der Waals surface area contributed by atoms with Crippen molar-refractivity contribution in [2.24, 2.45) is 0 Å². The van der Waals surface area contributed by atoms with Gasteiger partial charge in [0.15, 0.2) is 0 Å². The number of nitrogens with one attached hydrogen (secondary N) is 1. The predicted molar refractivity (Wildman–Crippen MR) is 57.8 cm³/mol. The van der Waals surface area contributed by atoms with Crippen molar-refractivity contribution in [3.05, 3.63) is 29.6 Å². The number of aliphatic carboxylic acids is 1. The molecule has 1 aromatic rings. The second kappa shape index (κ2) is 5.25. The summed E-state index contributed by atoms with van der Waals surface area (Å²) < 4.78 is 0. The van der Waals surface area contributed by atoms with E-state index in [0.29, 0.717) is 5.56 Å². The smallest absolute Gasteiger partial charge is 0.305 e. The van der Waals surface area contributed by atoms with Gasteiger partial charge in [-0.25, -0.2) is 0 Å². The molecule has 1 aromatic heterocycles. The van der Waals surface area contributed by atoms with Crippen molar-refractivity contribution in [2.45, 2.75) is 26.3 Å². The highest BCUT2D eigenvalue weighted by Gasteiger charge is 2.16. The Bertz CT molecular complexity index is 371. The molecule has 5 heteroatoms. The molecule has 0 unspecified atom stereocenters. The fraction of sp³-hybridized carbons (Fsp3) is 0.364. The summed E-state index contributed by atoms with van der Waals surface area (Å²) in [6, 6.07) is 3.03. The SMILES string of the molecule is CC(=O)N[C@H](CC(=O)O)c1ccc(C)nc1. The number of hydrogen-bond donors (Lipinski definition) is 2. The van der Waals surface area contributed by atoms with E-state index < -0.39 is 12.0 Å². The third kappa shape index (κ3) is 3.68. The first kappa shape index (κ1) is 12.2. The van der Waals surface area contributed by atoms with E-state index in [9.17, 15) is 9.59 Å². The molecule has 16 heavy (non-hydrogen) atoms. The molecule has 0 aliphatic rings. The van der Waals surface area contributed by atoms with E-state index in [1.54, 1.807) is 18.3 Å². The molecule has 0 aromatic carbocycles. The van der Waals surface area contributed by atoms with E-state index in [4.69, 9.17) is 5.11 Å². The van der Waals surface area contributed by atoms with Crippen LogP contribution in [-0.2, 0) is 9.59 Å². The molecule has 1 rings (SSSR count). The maximum absolute atomic E-state index is 11.0. The van der Waals surface area contributed by atoms with E-state index >= 15 is 0 Å². The topological polar surface area (TPSA) is 79.3 Å². The third-order valence-corrected chi connectivity index (χ3v) is 2.09. The van der Waals surface area contributed by atoms with Crippen LogP contribution in [0.3, 0.4) is 0 Å². The van der Waals surface area contributed by atoms with Crippen molar-refractivity contribution in [3.8, 4) is 0 Å². The van der Waals surface area contributed by atoms with Crippen molar-refractivity contribution < 1.29 is 14.7 Å². The third-order valence-electron chi connectivity index (χ3n) is 2.09. The Kier molecular flexibility index (Phi) is 3.99.